The van der Waals surface area contributed by atoms with E-state index in [4.69, 9.17) is 4.74 Å². The second-order valence-electron chi connectivity index (χ2n) is 6.59. The van der Waals surface area contributed by atoms with Crippen molar-refractivity contribution in [3.05, 3.63) is 29.8 Å². The molecule has 8 heteroatoms. The summed E-state index contributed by atoms with van der Waals surface area (Å²) in [5.74, 6) is 1.22. The van der Waals surface area contributed by atoms with Crippen LogP contribution < -0.4 is 15.4 Å². The third-order valence-electron chi connectivity index (χ3n) is 4.56. The molecule has 1 saturated carbocycles. The molecule has 1 aliphatic carbocycles. The number of benzene rings is 1. The van der Waals surface area contributed by atoms with Gasteiger partial charge >= 0.3 is 0 Å². The van der Waals surface area contributed by atoms with Crippen LogP contribution in [0, 0.1) is 0 Å². The number of carbonyl (C=O) groups excluding carboxylic acids is 1. The molecule has 0 radical (unpaired) electrons. The van der Waals surface area contributed by atoms with Gasteiger partial charge in [0.25, 0.3) is 0 Å². The van der Waals surface area contributed by atoms with E-state index in [0.717, 1.165) is 21.6 Å². The van der Waals surface area contributed by atoms with Crippen molar-refractivity contribution >= 4 is 34.1 Å². The molecule has 3 rings (SSSR count). The van der Waals surface area contributed by atoms with Crippen LogP contribution in [0.3, 0.4) is 0 Å². The van der Waals surface area contributed by atoms with Gasteiger partial charge in [-0.3, -0.25) is 4.79 Å². The Hall–Kier alpha value is -1.80. The minimum Gasteiger partial charge on any atom is -0.497 e. The lowest BCUT2D eigenvalue weighted by atomic mass is 9.96. The Labute approximate surface area is 168 Å². The van der Waals surface area contributed by atoms with Gasteiger partial charge in [0.2, 0.25) is 11.0 Å². The minimum absolute atomic E-state index is 0.0190. The highest BCUT2D eigenvalue weighted by Gasteiger charge is 2.15. The first-order valence-electron chi connectivity index (χ1n) is 9.35. The molecule has 0 saturated heterocycles. The fraction of sp³-hybridized carbons (Fsp3) is 0.526. The minimum atomic E-state index is 0.0190. The number of ether oxygens (including phenoxy) is 1. The molecule has 1 amide bonds. The van der Waals surface area contributed by atoms with E-state index >= 15 is 0 Å². The number of hydrogen-bond acceptors (Lipinski definition) is 7. The molecule has 1 heterocycles. The van der Waals surface area contributed by atoms with Crippen molar-refractivity contribution in [1.29, 1.82) is 0 Å². The van der Waals surface area contributed by atoms with Gasteiger partial charge in [0.1, 0.15) is 5.75 Å². The molecule has 2 aromatic rings. The Morgan fingerprint density at radius 1 is 1.22 bits per heavy atom. The molecule has 0 bridgehead atoms. The summed E-state index contributed by atoms with van der Waals surface area (Å²) in [6, 6.07) is 8.41. The van der Waals surface area contributed by atoms with Crippen LogP contribution in [-0.4, -0.2) is 41.6 Å². The van der Waals surface area contributed by atoms with Gasteiger partial charge in [0.15, 0.2) is 4.34 Å². The van der Waals surface area contributed by atoms with E-state index in [-0.39, 0.29) is 5.91 Å². The number of carbonyl (C=O) groups is 1. The monoisotopic (exact) mass is 406 g/mol. The molecule has 0 spiro atoms. The zero-order valence-corrected chi connectivity index (χ0v) is 17.2. The summed E-state index contributed by atoms with van der Waals surface area (Å²) >= 11 is 2.97. The molecule has 1 aromatic heterocycles. The topological polar surface area (TPSA) is 76.1 Å². The summed E-state index contributed by atoms with van der Waals surface area (Å²) in [5.41, 5.74) is 1.17. The lowest BCUT2D eigenvalue weighted by molar-refractivity contribution is -0.118. The van der Waals surface area contributed by atoms with Crippen molar-refractivity contribution in [3.8, 4) is 5.75 Å². The molecule has 6 nitrogen and oxygen atoms in total. The lowest BCUT2D eigenvalue weighted by Crippen LogP contribution is -2.27. The van der Waals surface area contributed by atoms with Gasteiger partial charge < -0.3 is 15.4 Å². The molecule has 2 N–H and O–H groups in total. The van der Waals surface area contributed by atoms with Crippen molar-refractivity contribution in [2.45, 2.75) is 48.9 Å². The molecule has 0 atom stereocenters. The lowest BCUT2D eigenvalue weighted by Gasteiger charge is -2.21. The summed E-state index contributed by atoms with van der Waals surface area (Å²) in [6.45, 7) is 0.621. The highest BCUT2D eigenvalue weighted by Crippen LogP contribution is 2.28. The third-order valence-corrected chi connectivity index (χ3v) is 6.55. The molecule has 1 fully saturated rings. The van der Waals surface area contributed by atoms with Crippen LogP contribution in [0.2, 0.25) is 0 Å². The van der Waals surface area contributed by atoms with Crippen molar-refractivity contribution in [1.82, 2.24) is 15.5 Å². The second-order valence-corrected chi connectivity index (χ2v) is 8.79. The first-order chi connectivity index (χ1) is 13.2. The predicted molar refractivity (Wildman–Crippen MR) is 111 cm³/mol. The molecule has 0 aliphatic heterocycles. The van der Waals surface area contributed by atoms with Crippen LogP contribution in [0.25, 0.3) is 0 Å². The van der Waals surface area contributed by atoms with Gasteiger partial charge in [-0.25, -0.2) is 0 Å². The second kappa shape index (κ2) is 10.5. The van der Waals surface area contributed by atoms with Crippen LogP contribution in [-0.2, 0) is 11.2 Å². The first-order valence-corrected chi connectivity index (χ1v) is 11.2. The van der Waals surface area contributed by atoms with Gasteiger partial charge in [-0.2, -0.15) is 0 Å². The fourth-order valence-corrected chi connectivity index (χ4v) is 4.72. The van der Waals surface area contributed by atoms with Crippen LogP contribution in [0.1, 0.15) is 37.7 Å². The summed E-state index contributed by atoms with van der Waals surface area (Å²) in [5, 5.41) is 15.7. The summed E-state index contributed by atoms with van der Waals surface area (Å²) < 4.78 is 5.98. The first kappa shape index (κ1) is 19.9. The SMILES string of the molecule is COc1ccc(CCNC(=O)CSc2nnc(NC3CCCCC3)s2)cc1. The van der Waals surface area contributed by atoms with Gasteiger partial charge in [0.05, 0.1) is 12.9 Å². The molecular weight excluding hydrogens is 380 g/mol. The van der Waals surface area contributed by atoms with Crippen LogP contribution in [0.4, 0.5) is 5.13 Å². The van der Waals surface area contributed by atoms with Crippen molar-refractivity contribution < 1.29 is 9.53 Å². The largest absolute Gasteiger partial charge is 0.497 e. The zero-order chi connectivity index (χ0) is 18.9. The van der Waals surface area contributed by atoms with E-state index in [1.165, 1.54) is 60.8 Å². The smallest absolute Gasteiger partial charge is 0.230 e. The number of anilines is 1. The van der Waals surface area contributed by atoms with Crippen LogP contribution in [0.5, 0.6) is 5.75 Å². The molecule has 27 heavy (non-hydrogen) atoms. The van der Waals surface area contributed by atoms with Gasteiger partial charge in [-0.05, 0) is 37.0 Å². The number of aromatic nitrogens is 2. The highest BCUT2D eigenvalue weighted by atomic mass is 32.2. The van der Waals surface area contributed by atoms with E-state index in [1.807, 2.05) is 24.3 Å². The van der Waals surface area contributed by atoms with E-state index in [2.05, 4.69) is 20.8 Å². The van der Waals surface area contributed by atoms with Crippen molar-refractivity contribution in [3.63, 3.8) is 0 Å². The summed E-state index contributed by atoms with van der Waals surface area (Å²) in [7, 11) is 1.65. The standard InChI is InChI=1S/C19H26N4O2S2/c1-25-16-9-7-14(8-10-16)11-12-20-17(24)13-26-19-23-22-18(27-19)21-15-5-3-2-4-6-15/h7-10,15H,2-6,11-13H2,1H3,(H,20,24)(H,21,22). The van der Waals surface area contributed by atoms with E-state index in [1.54, 1.807) is 7.11 Å². The highest BCUT2D eigenvalue weighted by molar-refractivity contribution is 8.01. The average Bonchev–Trinajstić information content (AvgIpc) is 3.15. The number of rotatable bonds is 9. The third kappa shape index (κ3) is 6.70. The Kier molecular flexibility index (Phi) is 7.77. The quantitative estimate of drug-likeness (QED) is 0.618. The Morgan fingerprint density at radius 2 is 2.00 bits per heavy atom. The predicted octanol–water partition coefficient (Wildman–Crippen LogP) is 3.74. The number of hydrogen-bond donors (Lipinski definition) is 2. The summed E-state index contributed by atoms with van der Waals surface area (Å²) in [4.78, 5) is 12.0. The number of thioether (sulfide) groups is 1. The number of methoxy groups -OCH3 is 1. The van der Waals surface area contributed by atoms with Crippen LogP contribution in [0.15, 0.2) is 28.6 Å². The summed E-state index contributed by atoms with van der Waals surface area (Å²) in [6.07, 6.45) is 7.12. The van der Waals surface area contributed by atoms with Gasteiger partial charge in [0, 0.05) is 12.6 Å². The van der Waals surface area contributed by atoms with Crippen LogP contribution >= 0.6 is 23.1 Å². The zero-order valence-electron chi connectivity index (χ0n) is 15.6. The van der Waals surface area contributed by atoms with Crippen molar-refractivity contribution in [2.75, 3.05) is 24.7 Å². The van der Waals surface area contributed by atoms with E-state index < -0.39 is 0 Å². The molecule has 1 aromatic carbocycles. The average molecular weight is 407 g/mol. The Balaban J connectivity index is 1.33. The molecular formula is C19H26N4O2S2. The maximum atomic E-state index is 12.0. The number of nitrogens with zero attached hydrogens (tertiary/aromatic N) is 2. The van der Waals surface area contributed by atoms with Gasteiger partial charge in [-0.15, -0.1) is 10.2 Å². The maximum Gasteiger partial charge on any atom is 0.230 e. The van der Waals surface area contributed by atoms with Gasteiger partial charge in [-0.1, -0.05) is 54.5 Å². The fourth-order valence-electron chi connectivity index (χ4n) is 3.06. The number of amides is 1. The van der Waals surface area contributed by atoms with E-state index in [0.29, 0.717) is 18.3 Å². The molecule has 146 valence electrons. The number of nitrogens with one attached hydrogen (secondary N) is 2. The maximum absolute atomic E-state index is 12.0. The Morgan fingerprint density at radius 3 is 2.74 bits per heavy atom. The molecule has 1 aliphatic rings. The Bertz CT molecular complexity index is 715. The van der Waals surface area contributed by atoms with Crippen molar-refractivity contribution in [2.24, 2.45) is 0 Å². The molecule has 0 unspecified atom stereocenters. The van der Waals surface area contributed by atoms with E-state index in [9.17, 15) is 4.79 Å². The normalized spacial score (nSPS) is 14.7.